The smallest absolute Gasteiger partial charge is 0.328 e. The van der Waals surface area contributed by atoms with Gasteiger partial charge in [-0.2, -0.15) is 0 Å². The van der Waals surface area contributed by atoms with Crippen molar-refractivity contribution in [1.82, 2.24) is 0 Å². The lowest BCUT2D eigenvalue weighted by molar-refractivity contribution is -0.131. The van der Waals surface area contributed by atoms with Gasteiger partial charge in [0.1, 0.15) is 5.75 Å². The predicted octanol–water partition coefficient (Wildman–Crippen LogP) is 3.18. The largest absolute Gasteiger partial charge is 0.493 e. The van der Waals surface area contributed by atoms with Crippen LogP contribution >= 0.6 is 11.6 Å². The van der Waals surface area contributed by atoms with Crippen LogP contribution in [-0.4, -0.2) is 24.4 Å². The summed E-state index contributed by atoms with van der Waals surface area (Å²) in [6.07, 6.45) is 2.68. The van der Waals surface area contributed by atoms with Gasteiger partial charge in [0, 0.05) is 23.1 Å². The molecule has 0 aliphatic rings. The van der Waals surface area contributed by atoms with Gasteiger partial charge in [0.2, 0.25) is 0 Å². The zero-order valence-corrected chi connectivity index (χ0v) is 9.78. The lowest BCUT2D eigenvalue weighted by Crippen LogP contribution is -1.99. The molecule has 0 spiro atoms. The van der Waals surface area contributed by atoms with Crippen molar-refractivity contribution in [2.45, 2.75) is 6.42 Å². The maximum absolute atomic E-state index is 11.9. The normalized spacial score (nSPS) is 10.7. The van der Waals surface area contributed by atoms with Gasteiger partial charge in [-0.1, -0.05) is 11.6 Å². The number of carbonyl (C=O) groups is 1. The minimum absolute atomic E-state index is 0.242. The van der Waals surface area contributed by atoms with Gasteiger partial charge < -0.3 is 9.84 Å². The molecule has 0 fully saturated rings. The van der Waals surface area contributed by atoms with Gasteiger partial charge in [-0.3, -0.25) is 4.39 Å². The number of rotatable bonds is 6. The van der Waals surface area contributed by atoms with Crippen LogP contribution in [0.4, 0.5) is 4.39 Å². The fraction of sp³-hybridized carbons (Fsp3) is 0.250. The third kappa shape index (κ3) is 4.87. The number of carboxylic acid groups (broad SMARTS) is 1. The Morgan fingerprint density at radius 2 is 2.29 bits per heavy atom. The average Bonchev–Trinajstić information content (AvgIpc) is 2.29. The Labute approximate surface area is 103 Å². The molecular formula is C12H12ClFO3. The first-order valence-corrected chi connectivity index (χ1v) is 5.40. The number of hydrogen-bond acceptors (Lipinski definition) is 2. The van der Waals surface area contributed by atoms with Gasteiger partial charge in [0.05, 0.1) is 13.3 Å². The molecule has 1 aromatic carbocycles. The highest BCUT2D eigenvalue weighted by Gasteiger charge is 2.02. The van der Waals surface area contributed by atoms with Gasteiger partial charge in [-0.15, -0.1) is 0 Å². The Morgan fingerprint density at radius 3 is 2.94 bits per heavy atom. The first-order valence-electron chi connectivity index (χ1n) is 5.03. The minimum atomic E-state index is -1.06. The van der Waals surface area contributed by atoms with E-state index in [0.717, 1.165) is 6.08 Å². The van der Waals surface area contributed by atoms with E-state index in [1.807, 2.05) is 0 Å². The summed E-state index contributed by atoms with van der Waals surface area (Å²) in [4.78, 5) is 10.4. The Balaban J connectivity index is 2.83. The van der Waals surface area contributed by atoms with Crippen LogP contribution in [0, 0.1) is 0 Å². The van der Waals surface area contributed by atoms with Crippen molar-refractivity contribution in [2.24, 2.45) is 0 Å². The second-order valence-electron chi connectivity index (χ2n) is 3.24. The lowest BCUT2D eigenvalue weighted by atomic mass is 10.2. The molecule has 0 radical (unpaired) electrons. The van der Waals surface area contributed by atoms with Crippen LogP contribution in [0.5, 0.6) is 5.75 Å². The zero-order chi connectivity index (χ0) is 12.7. The van der Waals surface area contributed by atoms with Crippen molar-refractivity contribution in [1.29, 1.82) is 0 Å². The highest BCUT2D eigenvalue weighted by molar-refractivity contribution is 6.30. The molecule has 0 bridgehead atoms. The van der Waals surface area contributed by atoms with Crippen molar-refractivity contribution in [3.63, 3.8) is 0 Å². The van der Waals surface area contributed by atoms with Crippen molar-refractivity contribution >= 4 is 23.6 Å². The van der Waals surface area contributed by atoms with Crippen molar-refractivity contribution in [2.75, 3.05) is 13.3 Å². The summed E-state index contributed by atoms with van der Waals surface area (Å²) in [5.41, 5.74) is 0.554. The molecule has 1 rings (SSSR count). The van der Waals surface area contributed by atoms with E-state index >= 15 is 0 Å². The van der Waals surface area contributed by atoms with Crippen LogP contribution in [0.2, 0.25) is 5.02 Å². The molecule has 0 aliphatic heterocycles. The summed E-state index contributed by atoms with van der Waals surface area (Å²) in [5.74, 6) is -0.569. The number of benzene rings is 1. The molecule has 0 heterocycles. The van der Waals surface area contributed by atoms with E-state index < -0.39 is 12.6 Å². The van der Waals surface area contributed by atoms with Gasteiger partial charge in [0.15, 0.2) is 0 Å². The predicted molar refractivity (Wildman–Crippen MR) is 64.2 cm³/mol. The van der Waals surface area contributed by atoms with Crippen LogP contribution < -0.4 is 4.74 Å². The molecule has 0 aliphatic carbocycles. The first-order chi connectivity index (χ1) is 8.13. The summed E-state index contributed by atoms with van der Waals surface area (Å²) in [7, 11) is 0. The van der Waals surface area contributed by atoms with Gasteiger partial charge in [0.25, 0.3) is 0 Å². The molecule has 1 N–H and O–H groups in total. The summed E-state index contributed by atoms with van der Waals surface area (Å²) >= 11 is 5.80. The second-order valence-corrected chi connectivity index (χ2v) is 3.68. The van der Waals surface area contributed by atoms with Gasteiger partial charge in [-0.05, 0) is 24.3 Å². The summed E-state index contributed by atoms with van der Waals surface area (Å²) in [6.45, 7) is -0.208. The Hall–Kier alpha value is -1.55. The maximum atomic E-state index is 11.9. The van der Waals surface area contributed by atoms with Crippen LogP contribution in [0.1, 0.15) is 12.0 Å². The van der Waals surface area contributed by atoms with Crippen molar-refractivity contribution in [3.8, 4) is 5.75 Å². The molecule has 0 amide bonds. The third-order valence-corrected chi connectivity index (χ3v) is 2.15. The molecule has 0 atom stereocenters. The molecule has 0 aromatic heterocycles. The number of aliphatic carboxylic acids is 1. The highest BCUT2D eigenvalue weighted by atomic mass is 35.5. The van der Waals surface area contributed by atoms with Crippen molar-refractivity contribution < 1.29 is 19.0 Å². The molecule has 3 nitrogen and oxygen atoms in total. The molecule has 0 unspecified atom stereocenters. The van der Waals surface area contributed by atoms with E-state index in [9.17, 15) is 9.18 Å². The monoisotopic (exact) mass is 258 g/mol. The van der Waals surface area contributed by atoms with E-state index in [0.29, 0.717) is 22.8 Å². The number of carboxylic acids is 1. The van der Waals surface area contributed by atoms with E-state index in [1.54, 1.807) is 18.2 Å². The van der Waals surface area contributed by atoms with E-state index in [-0.39, 0.29) is 6.61 Å². The van der Waals surface area contributed by atoms with E-state index in [2.05, 4.69) is 0 Å². The molecule has 5 heteroatoms. The van der Waals surface area contributed by atoms with Crippen LogP contribution in [0.15, 0.2) is 24.3 Å². The minimum Gasteiger partial charge on any atom is -0.493 e. The summed E-state index contributed by atoms with van der Waals surface area (Å²) < 4.78 is 17.2. The molecule has 0 saturated heterocycles. The third-order valence-electron chi connectivity index (χ3n) is 1.91. The fourth-order valence-corrected chi connectivity index (χ4v) is 1.36. The van der Waals surface area contributed by atoms with Gasteiger partial charge in [-0.25, -0.2) is 4.79 Å². The molecule has 1 aromatic rings. The Kier molecular flexibility index (Phi) is 5.49. The molecular weight excluding hydrogens is 247 g/mol. The summed E-state index contributed by atoms with van der Waals surface area (Å²) in [5, 5.41) is 9.02. The van der Waals surface area contributed by atoms with Crippen molar-refractivity contribution in [3.05, 3.63) is 34.9 Å². The Morgan fingerprint density at radius 1 is 1.53 bits per heavy atom. The topological polar surface area (TPSA) is 46.5 Å². The number of ether oxygens (including phenoxy) is 1. The molecule has 92 valence electrons. The standard InChI is InChI=1S/C12H12ClFO3/c13-10-3-4-11(17-7-1-6-14)9(8-10)2-5-12(15)16/h2-5,8H,1,6-7H2,(H,15,16)/b5-2+. The zero-order valence-electron chi connectivity index (χ0n) is 9.03. The maximum Gasteiger partial charge on any atom is 0.328 e. The number of alkyl halides is 1. The second kappa shape index (κ2) is 6.91. The first kappa shape index (κ1) is 13.5. The van der Waals surface area contributed by atoms with Crippen LogP contribution in [0.3, 0.4) is 0 Å². The Bertz CT molecular complexity index is 418. The number of halogens is 2. The SMILES string of the molecule is O=C(O)/C=C/c1cc(Cl)ccc1OCCCF. The van der Waals surface area contributed by atoms with E-state index in [4.69, 9.17) is 21.4 Å². The summed E-state index contributed by atoms with van der Waals surface area (Å²) in [6, 6.07) is 4.85. The van der Waals surface area contributed by atoms with Gasteiger partial charge >= 0.3 is 5.97 Å². The molecule has 0 saturated carbocycles. The average molecular weight is 259 g/mol. The quantitative estimate of drug-likeness (QED) is 0.630. The number of hydrogen-bond donors (Lipinski definition) is 1. The fourth-order valence-electron chi connectivity index (χ4n) is 1.18. The van der Waals surface area contributed by atoms with Crippen LogP contribution in [0.25, 0.3) is 6.08 Å². The molecule has 17 heavy (non-hydrogen) atoms. The van der Waals surface area contributed by atoms with E-state index in [1.165, 1.54) is 6.08 Å². The van der Waals surface area contributed by atoms with Crippen LogP contribution in [-0.2, 0) is 4.79 Å². The lowest BCUT2D eigenvalue weighted by Gasteiger charge is -2.08. The highest BCUT2D eigenvalue weighted by Crippen LogP contribution is 2.24.